The van der Waals surface area contributed by atoms with Crippen molar-refractivity contribution in [2.75, 3.05) is 4.72 Å². The van der Waals surface area contributed by atoms with Gasteiger partial charge < -0.3 is 0 Å². The molecular weight excluding hydrogens is 354 g/mol. The van der Waals surface area contributed by atoms with Crippen LogP contribution < -0.4 is 4.72 Å². The molecular formula is C11H11BrClN3O2S. The smallest absolute Gasteiger partial charge is 0.277 e. The first-order valence-corrected chi connectivity index (χ1v) is 7.93. The topological polar surface area (TPSA) is 64.0 Å². The van der Waals surface area contributed by atoms with Crippen LogP contribution in [0.15, 0.2) is 33.9 Å². The first-order valence-electron chi connectivity index (χ1n) is 5.28. The summed E-state index contributed by atoms with van der Waals surface area (Å²) >= 11 is 9.31. The summed E-state index contributed by atoms with van der Waals surface area (Å²) in [6.45, 7) is 1.84. The fourth-order valence-electron chi connectivity index (χ4n) is 1.55. The summed E-state index contributed by atoms with van der Waals surface area (Å²) in [5.41, 5.74) is 1.24. The Morgan fingerprint density at radius 2 is 2.11 bits per heavy atom. The summed E-state index contributed by atoms with van der Waals surface area (Å²) in [5, 5.41) is 4.41. The molecule has 5 nitrogen and oxygen atoms in total. The number of aromatic nitrogens is 2. The normalized spacial score (nSPS) is 11.6. The number of aryl methyl sites for hydroxylation is 2. The highest BCUT2D eigenvalue weighted by Crippen LogP contribution is 2.30. The van der Waals surface area contributed by atoms with Crippen molar-refractivity contribution in [3.8, 4) is 0 Å². The molecule has 1 aromatic carbocycles. The zero-order valence-corrected chi connectivity index (χ0v) is 13.3. The van der Waals surface area contributed by atoms with Gasteiger partial charge in [0.25, 0.3) is 10.0 Å². The Bertz CT molecular complexity index is 728. The highest BCUT2D eigenvalue weighted by atomic mass is 79.9. The van der Waals surface area contributed by atoms with E-state index < -0.39 is 10.0 Å². The van der Waals surface area contributed by atoms with E-state index in [2.05, 4.69) is 25.8 Å². The van der Waals surface area contributed by atoms with Crippen molar-refractivity contribution < 1.29 is 8.42 Å². The van der Waals surface area contributed by atoms with Crippen LogP contribution in [0.25, 0.3) is 0 Å². The van der Waals surface area contributed by atoms with Crippen LogP contribution in [0.4, 0.5) is 5.69 Å². The maximum absolute atomic E-state index is 12.2. The largest absolute Gasteiger partial charge is 0.279 e. The van der Waals surface area contributed by atoms with E-state index in [0.29, 0.717) is 15.2 Å². The maximum atomic E-state index is 12.2. The summed E-state index contributed by atoms with van der Waals surface area (Å²) in [7, 11) is -2.13. The standard InChI is InChI=1S/C11H11BrClN3O2S/c1-7-5-8(12)10(6-9(7)13)15-19(17,18)11-3-4-14-16(11)2/h3-6,15H,1-2H3. The van der Waals surface area contributed by atoms with Gasteiger partial charge in [-0.3, -0.25) is 9.40 Å². The Kier molecular flexibility index (Phi) is 3.89. The third kappa shape index (κ3) is 2.93. The van der Waals surface area contributed by atoms with E-state index in [4.69, 9.17) is 11.6 Å². The number of rotatable bonds is 3. The van der Waals surface area contributed by atoms with Gasteiger partial charge in [-0.2, -0.15) is 13.5 Å². The van der Waals surface area contributed by atoms with Crippen LogP contribution in [0.5, 0.6) is 0 Å². The van der Waals surface area contributed by atoms with Gasteiger partial charge in [0.2, 0.25) is 0 Å². The Labute approximate surface area is 124 Å². The monoisotopic (exact) mass is 363 g/mol. The van der Waals surface area contributed by atoms with Gasteiger partial charge >= 0.3 is 0 Å². The minimum absolute atomic E-state index is 0.0797. The van der Waals surface area contributed by atoms with Crippen molar-refractivity contribution in [1.82, 2.24) is 9.78 Å². The third-order valence-electron chi connectivity index (χ3n) is 2.54. The quantitative estimate of drug-likeness (QED) is 0.910. The number of nitrogens with one attached hydrogen (secondary N) is 1. The first kappa shape index (κ1) is 14.4. The molecule has 8 heteroatoms. The molecule has 0 atom stereocenters. The zero-order valence-electron chi connectivity index (χ0n) is 10.2. The fraction of sp³-hybridized carbons (Fsp3) is 0.182. The van der Waals surface area contributed by atoms with Gasteiger partial charge in [-0.25, -0.2) is 0 Å². The van der Waals surface area contributed by atoms with E-state index >= 15 is 0 Å². The van der Waals surface area contributed by atoms with E-state index in [0.717, 1.165) is 5.56 Å². The molecule has 0 bridgehead atoms. The summed E-state index contributed by atoms with van der Waals surface area (Å²) in [6, 6.07) is 4.74. The second-order valence-corrected chi connectivity index (χ2v) is 6.87. The third-order valence-corrected chi connectivity index (χ3v) is 5.05. The number of benzene rings is 1. The van der Waals surface area contributed by atoms with E-state index in [1.807, 2.05) is 6.92 Å². The minimum atomic E-state index is -3.69. The van der Waals surface area contributed by atoms with Crippen molar-refractivity contribution >= 4 is 43.2 Å². The molecule has 0 aliphatic rings. The van der Waals surface area contributed by atoms with Crippen LogP contribution in [-0.2, 0) is 17.1 Å². The summed E-state index contributed by atoms with van der Waals surface area (Å²) < 4.78 is 28.8. The van der Waals surface area contributed by atoms with E-state index in [1.165, 1.54) is 16.9 Å². The summed E-state index contributed by atoms with van der Waals surface area (Å²) in [4.78, 5) is 0. The minimum Gasteiger partial charge on any atom is -0.277 e. The second-order valence-electron chi connectivity index (χ2n) is 3.98. The predicted molar refractivity (Wildman–Crippen MR) is 77.9 cm³/mol. The molecule has 0 aliphatic carbocycles. The average Bonchev–Trinajstić information content (AvgIpc) is 2.73. The lowest BCUT2D eigenvalue weighted by Crippen LogP contribution is -2.17. The molecule has 0 spiro atoms. The molecule has 102 valence electrons. The molecule has 19 heavy (non-hydrogen) atoms. The lowest BCUT2D eigenvalue weighted by atomic mass is 10.2. The van der Waals surface area contributed by atoms with Crippen LogP contribution in [0, 0.1) is 6.92 Å². The van der Waals surface area contributed by atoms with Crippen molar-refractivity contribution in [3.05, 3.63) is 39.5 Å². The molecule has 1 heterocycles. The highest BCUT2D eigenvalue weighted by Gasteiger charge is 2.19. The molecule has 0 amide bonds. The molecule has 0 unspecified atom stereocenters. The van der Waals surface area contributed by atoms with Gasteiger partial charge in [0.1, 0.15) is 0 Å². The average molecular weight is 365 g/mol. The maximum Gasteiger partial charge on any atom is 0.279 e. The molecule has 0 fully saturated rings. The SMILES string of the molecule is Cc1cc(Br)c(NS(=O)(=O)c2ccnn2C)cc1Cl. The highest BCUT2D eigenvalue weighted by molar-refractivity contribution is 9.10. The van der Waals surface area contributed by atoms with Gasteiger partial charge in [0, 0.05) is 16.5 Å². The molecule has 0 saturated carbocycles. The molecule has 0 radical (unpaired) electrons. The van der Waals surface area contributed by atoms with Crippen molar-refractivity contribution in [2.45, 2.75) is 11.9 Å². The molecule has 1 aromatic heterocycles. The van der Waals surface area contributed by atoms with Crippen molar-refractivity contribution in [3.63, 3.8) is 0 Å². The fourth-order valence-corrected chi connectivity index (χ4v) is 3.60. The molecule has 2 rings (SSSR count). The van der Waals surface area contributed by atoms with Crippen LogP contribution in [0.1, 0.15) is 5.56 Å². The Morgan fingerprint density at radius 1 is 1.42 bits per heavy atom. The Hall–Kier alpha value is -1.05. The van der Waals surface area contributed by atoms with Gasteiger partial charge in [-0.05, 0) is 46.6 Å². The molecule has 1 N–H and O–H groups in total. The van der Waals surface area contributed by atoms with Crippen molar-refractivity contribution in [1.29, 1.82) is 0 Å². The lowest BCUT2D eigenvalue weighted by molar-refractivity contribution is 0.582. The van der Waals surface area contributed by atoms with Crippen LogP contribution in [0.2, 0.25) is 5.02 Å². The van der Waals surface area contributed by atoms with Crippen LogP contribution in [-0.4, -0.2) is 18.2 Å². The molecule has 0 saturated heterocycles. The second kappa shape index (κ2) is 5.15. The lowest BCUT2D eigenvalue weighted by Gasteiger charge is -2.11. The predicted octanol–water partition coefficient (Wildman–Crippen LogP) is 2.95. The molecule has 0 aliphatic heterocycles. The van der Waals surface area contributed by atoms with Gasteiger partial charge in [0.15, 0.2) is 5.03 Å². The van der Waals surface area contributed by atoms with Crippen LogP contribution >= 0.6 is 27.5 Å². The van der Waals surface area contributed by atoms with E-state index in [-0.39, 0.29) is 5.03 Å². The zero-order chi connectivity index (χ0) is 14.2. The number of hydrogen-bond acceptors (Lipinski definition) is 3. The first-order chi connectivity index (χ1) is 8.81. The number of nitrogens with zero attached hydrogens (tertiary/aromatic N) is 2. The van der Waals surface area contributed by atoms with Gasteiger partial charge in [-0.15, -0.1) is 0 Å². The Balaban J connectivity index is 2.42. The molecule has 2 aromatic rings. The van der Waals surface area contributed by atoms with Gasteiger partial charge in [0.05, 0.1) is 11.9 Å². The number of sulfonamides is 1. The van der Waals surface area contributed by atoms with E-state index in [9.17, 15) is 8.42 Å². The summed E-state index contributed by atoms with van der Waals surface area (Å²) in [6.07, 6.45) is 1.42. The van der Waals surface area contributed by atoms with Crippen LogP contribution in [0.3, 0.4) is 0 Å². The van der Waals surface area contributed by atoms with E-state index in [1.54, 1.807) is 19.2 Å². The number of halogens is 2. The van der Waals surface area contributed by atoms with Crippen molar-refractivity contribution in [2.24, 2.45) is 7.05 Å². The number of hydrogen-bond donors (Lipinski definition) is 1. The Morgan fingerprint density at radius 3 is 2.68 bits per heavy atom. The summed E-state index contributed by atoms with van der Waals surface area (Å²) in [5.74, 6) is 0. The number of anilines is 1. The van der Waals surface area contributed by atoms with Gasteiger partial charge in [-0.1, -0.05) is 11.6 Å².